The SMILES string of the molecule is CCC1CCCC1(C)N.Cl. The molecule has 0 aliphatic heterocycles. The molecule has 1 rings (SSSR count). The van der Waals surface area contributed by atoms with Gasteiger partial charge in [-0.2, -0.15) is 0 Å². The highest BCUT2D eigenvalue weighted by Gasteiger charge is 2.33. The van der Waals surface area contributed by atoms with Gasteiger partial charge in [0.1, 0.15) is 0 Å². The van der Waals surface area contributed by atoms with Crippen LogP contribution in [-0.2, 0) is 0 Å². The second-order valence-electron chi connectivity index (χ2n) is 3.50. The number of hydrogen-bond acceptors (Lipinski definition) is 1. The van der Waals surface area contributed by atoms with Crippen molar-refractivity contribution in [3.63, 3.8) is 0 Å². The third kappa shape index (κ3) is 1.86. The number of halogens is 1. The van der Waals surface area contributed by atoms with Crippen molar-refractivity contribution in [3.05, 3.63) is 0 Å². The molecule has 1 aliphatic carbocycles. The van der Waals surface area contributed by atoms with Crippen LogP contribution in [0.4, 0.5) is 0 Å². The van der Waals surface area contributed by atoms with Crippen LogP contribution in [0.1, 0.15) is 39.5 Å². The average molecular weight is 164 g/mol. The second-order valence-corrected chi connectivity index (χ2v) is 3.50. The molecule has 2 N–H and O–H groups in total. The van der Waals surface area contributed by atoms with Gasteiger partial charge < -0.3 is 5.73 Å². The predicted octanol–water partition coefficient (Wildman–Crippen LogP) is 2.34. The number of rotatable bonds is 1. The van der Waals surface area contributed by atoms with E-state index in [-0.39, 0.29) is 17.9 Å². The maximum absolute atomic E-state index is 6.03. The summed E-state index contributed by atoms with van der Waals surface area (Å²) in [6.07, 6.45) is 5.17. The largest absolute Gasteiger partial charge is 0.325 e. The standard InChI is InChI=1S/C8H17N.ClH/c1-3-7-5-4-6-8(7,2)9;/h7H,3-6,9H2,1-2H3;1H. The minimum atomic E-state index is 0. The molecule has 62 valence electrons. The lowest BCUT2D eigenvalue weighted by molar-refractivity contribution is 0.337. The van der Waals surface area contributed by atoms with E-state index in [0.717, 1.165) is 5.92 Å². The van der Waals surface area contributed by atoms with E-state index in [1.807, 2.05) is 0 Å². The Labute approximate surface area is 69.8 Å². The maximum atomic E-state index is 6.03. The highest BCUT2D eigenvalue weighted by molar-refractivity contribution is 5.85. The first-order valence-electron chi connectivity index (χ1n) is 3.95. The van der Waals surface area contributed by atoms with Crippen molar-refractivity contribution in [3.8, 4) is 0 Å². The van der Waals surface area contributed by atoms with Gasteiger partial charge in [-0.3, -0.25) is 0 Å². The van der Waals surface area contributed by atoms with Gasteiger partial charge in [-0.15, -0.1) is 12.4 Å². The van der Waals surface area contributed by atoms with Crippen molar-refractivity contribution < 1.29 is 0 Å². The van der Waals surface area contributed by atoms with Gasteiger partial charge >= 0.3 is 0 Å². The zero-order chi connectivity index (χ0) is 6.91. The van der Waals surface area contributed by atoms with Crippen molar-refractivity contribution in [1.29, 1.82) is 0 Å². The van der Waals surface area contributed by atoms with Crippen molar-refractivity contribution in [2.45, 2.75) is 45.1 Å². The summed E-state index contributed by atoms with van der Waals surface area (Å²) in [4.78, 5) is 0. The van der Waals surface area contributed by atoms with Crippen LogP contribution >= 0.6 is 12.4 Å². The van der Waals surface area contributed by atoms with Crippen LogP contribution in [0.2, 0.25) is 0 Å². The fourth-order valence-electron chi connectivity index (χ4n) is 1.93. The van der Waals surface area contributed by atoms with E-state index in [4.69, 9.17) is 5.73 Å². The highest BCUT2D eigenvalue weighted by Crippen LogP contribution is 2.34. The van der Waals surface area contributed by atoms with Crippen LogP contribution < -0.4 is 5.73 Å². The topological polar surface area (TPSA) is 26.0 Å². The molecule has 0 amide bonds. The number of nitrogens with two attached hydrogens (primary N) is 1. The lowest BCUT2D eigenvalue weighted by Gasteiger charge is -2.25. The molecule has 1 fully saturated rings. The van der Waals surface area contributed by atoms with Crippen molar-refractivity contribution in [1.82, 2.24) is 0 Å². The maximum Gasteiger partial charge on any atom is 0.0154 e. The third-order valence-corrected chi connectivity index (χ3v) is 2.69. The molecular formula is C8H18ClN. The van der Waals surface area contributed by atoms with Gasteiger partial charge in [0.05, 0.1) is 0 Å². The molecule has 0 bridgehead atoms. The molecule has 2 atom stereocenters. The molecule has 0 spiro atoms. The average Bonchev–Trinajstić information content (AvgIpc) is 2.08. The van der Waals surface area contributed by atoms with Gasteiger partial charge in [-0.05, 0) is 25.7 Å². The molecule has 0 saturated heterocycles. The van der Waals surface area contributed by atoms with Crippen LogP contribution in [0.15, 0.2) is 0 Å². The van der Waals surface area contributed by atoms with E-state index in [1.165, 1.54) is 25.7 Å². The molecule has 10 heavy (non-hydrogen) atoms. The quantitative estimate of drug-likeness (QED) is 0.631. The Morgan fingerprint density at radius 3 is 2.40 bits per heavy atom. The summed E-state index contributed by atoms with van der Waals surface area (Å²) >= 11 is 0. The Bertz CT molecular complexity index is 101. The second kappa shape index (κ2) is 3.59. The van der Waals surface area contributed by atoms with E-state index >= 15 is 0 Å². The summed E-state index contributed by atoms with van der Waals surface area (Å²) in [6, 6.07) is 0. The van der Waals surface area contributed by atoms with E-state index in [1.54, 1.807) is 0 Å². The summed E-state index contributed by atoms with van der Waals surface area (Å²) in [5, 5.41) is 0. The highest BCUT2D eigenvalue weighted by atomic mass is 35.5. The Morgan fingerprint density at radius 2 is 2.20 bits per heavy atom. The molecule has 0 heterocycles. The monoisotopic (exact) mass is 163 g/mol. The summed E-state index contributed by atoms with van der Waals surface area (Å²) < 4.78 is 0. The van der Waals surface area contributed by atoms with Gasteiger partial charge in [0.15, 0.2) is 0 Å². The van der Waals surface area contributed by atoms with Gasteiger partial charge in [0.2, 0.25) is 0 Å². The first-order chi connectivity index (χ1) is 4.17. The zero-order valence-corrected chi connectivity index (χ0v) is 7.71. The van der Waals surface area contributed by atoms with Gasteiger partial charge in [-0.25, -0.2) is 0 Å². The summed E-state index contributed by atoms with van der Waals surface area (Å²) in [6.45, 7) is 4.43. The first-order valence-corrected chi connectivity index (χ1v) is 3.95. The van der Waals surface area contributed by atoms with Crippen molar-refractivity contribution in [2.24, 2.45) is 11.7 Å². The van der Waals surface area contributed by atoms with Gasteiger partial charge in [-0.1, -0.05) is 19.8 Å². The minimum Gasteiger partial charge on any atom is -0.325 e. The van der Waals surface area contributed by atoms with E-state index in [9.17, 15) is 0 Å². The van der Waals surface area contributed by atoms with Crippen LogP contribution in [0, 0.1) is 5.92 Å². The lowest BCUT2D eigenvalue weighted by atomic mass is 9.88. The van der Waals surface area contributed by atoms with Crippen LogP contribution in [0.25, 0.3) is 0 Å². The molecule has 0 radical (unpaired) electrons. The summed E-state index contributed by atoms with van der Waals surface area (Å²) in [5.74, 6) is 0.789. The molecule has 2 unspecified atom stereocenters. The minimum absolute atomic E-state index is 0. The lowest BCUT2D eigenvalue weighted by Crippen LogP contribution is -2.39. The fraction of sp³-hybridized carbons (Fsp3) is 1.00. The Balaban J connectivity index is 0.000000810. The third-order valence-electron chi connectivity index (χ3n) is 2.69. The molecule has 1 saturated carbocycles. The van der Waals surface area contributed by atoms with E-state index in [2.05, 4.69) is 13.8 Å². The molecule has 0 aromatic heterocycles. The molecule has 0 aromatic rings. The molecule has 1 nitrogen and oxygen atoms in total. The normalized spacial score (nSPS) is 39.3. The van der Waals surface area contributed by atoms with Crippen LogP contribution in [0.5, 0.6) is 0 Å². The predicted molar refractivity (Wildman–Crippen MR) is 47.5 cm³/mol. The zero-order valence-electron chi connectivity index (χ0n) is 6.89. The van der Waals surface area contributed by atoms with Gasteiger partial charge in [0, 0.05) is 5.54 Å². The fourth-order valence-corrected chi connectivity index (χ4v) is 1.93. The Hall–Kier alpha value is 0.250. The smallest absolute Gasteiger partial charge is 0.0154 e. The van der Waals surface area contributed by atoms with E-state index in [0.29, 0.717) is 0 Å². The molecule has 0 aromatic carbocycles. The Kier molecular flexibility index (Phi) is 3.68. The van der Waals surface area contributed by atoms with Crippen LogP contribution in [-0.4, -0.2) is 5.54 Å². The van der Waals surface area contributed by atoms with Crippen molar-refractivity contribution in [2.75, 3.05) is 0 Å². The van der Waals surface area contributed by atoms with E-state index < -0.39 is 0 Å². The number of hydrogen-bond donors (Lipinski definition) is 1. The van der Waals surface area contributed by atoms with Gasteiger partial charge in [0.25, 0.3) is 0 Å². The summed E-state index contributed by atoms with van der Waals surface area (Å²) in [7, 11) is 0. The Morgan fingerprint density at radius 1 is 1.60 bits per heavy atom. The molecular weight excluding hydrogens is 146 g/mol. The molecule has 2 heteroatoms. The van der Waals surface area contributed by atoms with Crippen molar-refractivity contribution >= 4 is 12.4 Å². The first kappa shape index (κ1) is 10.2. The van der Waals surface area contributed by atoms with Crippen LogP contribution in [0.3, 0.4) is 0 Å². The summed E-state index contributed by atoms with van der Waals surface area (Å²) in [5.41, 5.74) is 6.19. The molecule has 1 aliphatic rings.